The van der Waals surface area contributed by atoms with Crippen molar-refractivity contribution in [1.29, 1.82) is 0 Å². The molecule has 0 spiro atoms. The Kier molecular flexibility index (Phi) is 4.34. The molecule has 2 aromatic carbocycles. The molecule has 0 unspecified atom stereocenters. The maximum Gasteiger partial charge on any atom is 0.232 e. The monoisotopic (exact) mass is 369 g/mol. The summed E-state index contributed by atoms with van der Waals surface area (Å²) in [6, 6.07) is 14.6. The zero-order valence-electron chi connectivity index (χ0n) is 14.1. The Labute approximate surface area is 155 Å². The van der Waals surface area contributed by atoms with Crippen molar-refractivity contribution in [3.63, 3.8) is 0 Å². The third kappa shape index (κ3) is 3.15. The molecule has 0 aliphatic carbocycles. The van der Waals surface area contributed by atoms with Crippen LogP contribution in [-0.4, -0.2) is 29.7 Å². The van der Waals surface area contributed by atoms with E-state index >= 15 is 0 Å². The van der Waals surface area contributed by atoms with E-state index < -0.39 is 0 Å². The summed E-state index contributed by atoms with van der Waals surface area (Å²) >= 11 is 5.91. The first-order valence-corrected chi connectivity index (χ1v) is 8.56. The molecule has 1 aromatic heterocycles. The number of carbonyl (C=O) groups is 1. The lowest BCUT2D eigenvalue weighted by molar-refractivity contribution is -0.117. The summed E-state index contributed by atoms with van der Waals surface area (Å²) in [7, 11) is 1.62. The lowest BCUT2D eigenvalue weighted by Gasteiger charge is -2.15. The first kappa shape index (κ1) is 16.6. The molecular formula is C19H16ClN3O3. The van der Waals surface area contributed by atoms with E-state index in [1.165, 1.54) is 0 Å². The Morgan fingerprint density at radius 2 is 1.88 bits per heavy atom. The molecular weight excluding hydrogens is 354 g/mol. The Bertz CT molecular complexity index is 922. The number of halogens is 1. The average molecular weight is 370 g/mol. The second-order valence-corrected chi connectivity index (χ2v) is 6.50. The maximum absolute atomic E-state index is 12.4. The summed E-state index contributed by atoms with van der Waals surface area (Å²) < 4.78 is 10.6. The van der Waals surface area contributed by atoms with E-state index in [-0.39, 0.29) is 11.8 Å². The molecule has 1 aliphatic heterocycles. The number of rotatable bonds is 4. The van der Waals surface area contributed by atoms with E-state index in [1.807, 2.05) is 36.4 Å². The molecule has 3 aromatic rings. The van der Waals surface area contributed by atoms with Crippen LogP contribution in [0.15, 0.2) is 53.1 Å². The second-order valence-electron chi connectivity index (χ2n) is 6.07. The predicted octanol–water partition coefficient (Wildman–Crippen LogP) is 3.92. The molecule has 132 valence electrons. The van der Waals surface area contributed by atoms with Gasteiger partial charge >= 0.3 is 0 Å². The molecule has 1 fully saturated rings. The number of nitrogens with zero attached hydrogens (tertiary/aromatic N) is 3. The number of hydrogen-bond acceptors (Lipinski definition) is 5. The van der Waals surface area contributed by atoms with Gasteiger partial charge in [-0.2, -0.15) is 4.98 Å². The molecule has 4 rings (SSSR count). The van der Waals surface area contributed by atoms with Crippen LogP contribution in [0, 0.1) is 0 Å². The maximum atomic E-state index is 12.4. The largest absolute Gasteiger partial charge is 0.497 e. The van der Waals surface area contributed by atoms with E-state index in [2.05, 4.69) is 10.1 Å². The van der Waals surface area contributed by atoms with Gasteiger partial charge in [0.25, 0.3) is 0 Å². The summed E-state index contributed by atoms with van der Waals surface area (Å²) in [5, 5.41) is 4.68. The number of methoxy groups -OCH3 is 1. The van der Waals surface area contributed by atoms with Crippen LogP contribution in [0.25, 0.3) is 11.4 Å². The number of hydrogen-bond donors (Lipinski definition) is 0. The van der Waals surface area contributed by atoms with Crippen LogP contribution in [-0.2, 0) is 4.79 Å². The van der Waals surface area contributed by atoms with Gasteiger partial charge < -0.3 is 14.2 Å². The van der Waals surface area contributed by atoms with Gasteiger partial charge in [0.1, 0.15) is 5.75 Å². The van der Waals surface area contributed by atoms with E-state index in [4.69, 9.17) is 20.9 Å². The van der Waals surface area contributed by atoms with Gasteiger partial charge in [0.2, 0.25) is 17.6 Å². The molecule has 0 saturated carbocycles. The SMILES string of the molecule is COc1ccc(-c2noc([C@@H]3CC(=O)N(c4ccc(Cl)cc4)C3)n2)cc1. The summed E-state index contributed by atoms with van der Waals surface area (Å²) in [5.41, 5.74) is 1.65. The minimum Gasteiger partial charge on any atom is -0.497 e. The smallest absolute Gasteiger partial charge is 0.232 e. The number of anilines is 1. The van der Waals surface area contributed by atoms with Crippen LogP contribution < -0.4 is 9.64 Å². The Hall–Kier alpha value is -2.86. The van der Waals surface area contributed by atoms with E-state index in [0.29, 0.717) is 29.7 Å². The Morgan fingerprint density at radius 3 is 2.58 bits per heavy atom. The van der Waals surface area contributed by atoms with Crippen LogP contribution in [0.4, 0.5) is 5.69 Å². The number of carbonyl (C=O) groups excluding carboxylic acids is 1. The van der Waals surface area contributed by atoms with E-state index in [9.17, 15) is 4.79 Å². The standard InChI is InChI=1S/C19H16ClN3O3/c1-25-16-8-2-12(3-9-16)18-21-19(26-22-18)13-10-17(24)23(11-13)15-6-4-14(20)5-7-15/h2-9,13H,10-11H2,1H3/t13-/m1/s1. The van der Waals surface area contributed by atoms with Gasteiger partial charge in [-0.25, -0.2) is 0 Å². The molecule has 0 N–H and O–H groups in total. The average Bonchev–Trinajstić information content (AvgIpc) is 3.29. The number of benzene rings is 2. The van der Waals surface area contributed by atoms with Gasteiger partial charge in [0.05, 0.1) is 13.0 Å². The highest BCUT2D eigenvalue weighted by molar-refractivity contribution is 6.30. The lowest BCUT2D eigenvalue weighted by Crippen LogP contribution is -2.24. The van der Waals surface area contributed by atoms with E-state index in [1.54, 1.807) is 24.1 Å². The van der Waals surface area contributed by atoms with Crippen LogP contribution in [0.1, 0.15) is 18.2 Å². The molecule has 1 atom stereocenters. The van der Waals surface area contributed by atoms with E-state index in [0.717, 1.165) is 17.0 Å². The van der Waals surface area contributed by atoms with Crippen molar-refractivity contribution in [3.05, 3.63) is 59.4 Å². The zero-order valence-corrected chi connectivity index (χ0v) is 14.8. The molecule has 2 heterocycles. The van der Waals surface area contributed by atoms with Crippen LogP contribution in [0.3, 0.4) is 0 Å². The number of ether oxygens (including phenoxy) is 1. The fourth-order valence-corrected chi connectivity index (χ4v) is 3.13. The van der Waals surface area contributed by atoms with Crippen molar-refractivity contribution in [2.45, 2.75) is 12.3 Å². The van der Waals surface area contributed by atoms with Crippen molar-refractivity contribution in [2.24, 2.45) is 0 Å². The predicted molar refractivity (Wildman–Crippen MR) is 97.4 cm³/mol. The van der Waals surface area contributed by atoms with Crippen molar-refractivity contribution in [2.75, 3.05) is 18.6 Å². The lowest BCUT2D eigenvalue weighted by atomic mass is 10.1. The summed E-state index contributed by atoms with van der Waals surface area (Å²) in [6.45, 7) is 0.505. The highest BCUT2D eigenvalue weighted by Crippen LogP contribution is 2.32. The summed E-state index contributed by atoms with van der Waals surface area (Å²) in [5.74, 6) is 1.64. The fraction of sp³-hybridized carbons (Fsp3) is 0.211. The first-order chi connectivity index (χ1) is 12.6. The minimum absolute atomic E-state index is 0.0292. The first-order valence-electron chi connectivity index (χ1n) is 8.18. The van der Waals surface area contributed by atoms with Gasteiger partial charge in [-0.1, -0.05) is 16.8 Å². The van der Waals surface area contributed by atoms with Crippen molar-refractivity contribution < 1.29 is 14.1 Å². The third-order valence-corrected chi connectivity index (χ3v) is 4.65. The molecule has 0 bridgehead atoms. The molecule has 1 amide bonds. The highest BCUT2D eigenvalue weighted by Gasteiger charge is 2.35. The molecule has 26 heavy (non-hydrogen) atoms. The van der Waals surface area contributed by atoms with Crippen LogP contribution >= 0.6 is 11.6 Å². The highest BCUT2D eigenvalue weighted by atomic mass is 35.5. The Balaban J connectivity index is 1.52. The van der Waals surface area contributed by atoms with Crippen molar-refractivity contribution >= 4 is 23.2 Å². The van der Waals surface area contributed by atoms with Crippen molar-refractivity contribution in [3.8, 4) is 17.1 Å². The van der Waals surface area contributed by atoms with Gasteiger partial charge in [-0.05, 0) is 48.5 Å². The van der Waals surface area contributed by atoms with Gasteiger partial charge in [0, 0.05) is 29.2 Å². The van der Waals surface area contributed by atoms with Crippen molar-refractivity contribution in [1.82, 2.24) is 10.1 Å². The third-order valence-electron chi connectivity index (χ3n) is 4.40. The van der Waals surface area contributed by atoms with Gasteiger partial charge in [-0.15, -0.1) is 0 Å². The quantitative estimate of drug-likeness (QED) is 0.697. The van der Waals surface area contributed by atoms with Crippen LogP contribution in [0.2, 0.25) is 5.02 Å². The molecule has 6 nitrogen and oxygen atoms in total. The molecule has 1 aliphatic rings. The van der Waals surface area contributed by atoms with Gasteiger partial charge in [-0.3, -0.25) is 4.79 Å². The zero-order chi connectivity index (χ0) is 18.1. The Morgan fingerprint density at radius 1 is 1.15 bits per heavy atom. The summed E-state index contributed by atoms with van der Waals surface area (Å²) in [6.07, 6.45) is 0.340. The van der Waals surface area contributed by atoms with Crippen LogP contribution in [0.5, 0.6) is 5.75 Å². The second kappa shape index (κ2) is 6.80. The number of amides is 1. The molecule has 7 heteroatoms. The van der Waals surface area contributed by atoms with Gasteiger partial charge in [0.15, 0.2) is 0 Å². The molecule has 0 radical (unpaired) electrons. The normalized spacial score (nSPS) is 16.9. The topological polar surface area (TPSA) is 68.5 Å². The summed E-state index contributed by atoms with van der Waals surface area (Å²) in [4.78, 5) is 18.6. The number of aromatic nitrogens is 2. The fourth-order valence-electron chi connectivity index (χ4n) is 3.00. The minimum atomic E-state index is -0.127. The molecule has 1 saturated heterocycles.